The lowest BCUT2D eigenvalue weighted by Gasteiger charge is -2.10. The van der Waals surface area contributed by atoms with Gasteiger partial charge in [-0.15, -0.1) is 0 Å². The van der Waals surface area contributed by atoms with Gasteiger partial charge in [-0.3, -0.25) is 4.79 Å². The largest absolute Gasteiger partial charge is 0.491 e. The highest BCUT2D eigenvalue weighted by atomic mass is 16.5. The van der Waals surface area contributed by atoms with E-state index in [1.165, 1.54) is 0 Å². The molecule has 0 fully saturated rings. The Balaban J connectivity index is 1.21. The van der Waals surface area contributed by atoms with Crippen LogP contribution in [-0.2, 0) is 11.2 Å². The highest BCUT2D eigenvalue weighted by Gasteiger charge is 2.09. The van der Waals surface area contributed by atoms with Gasteiger partial charge in [0, 0.05) is 23.8 Å². The molecule has 5 nitrogen and oxygen atoms in total. The van der Waals surface area contributed by atoms with E-state index in [9.17, 15) is 4.79 Å². The van der Waals surface area contributed by atoms with Gasteiger partial charge in [0.2, 0.25) is 5.91 Å². The predicted octanol–water partition coefficient (Wildman–Crippen LogP) is 4.62. The Morgan fingerprint density at radius 1 is 0.966 bits per heavy atom. The van der Waals surface area contributed by atoms with E-state index in [0.717, 1.165) is 22.1 Å². The normalized spacial score (nSPS) is 10.8. The van der Waals surface area contributed by atoms with Gasteiger partial charge in [-0.1, -0.05) is 66.7 Å². The maximum Gasteiger partial charge on any atom is 0.220 e. The monoisotopic (exact) mass is 386 g/mol. The van der Waals surface area contributed by atoms with E-state index in [4.69, 9.17) is 9.15 Å². The van der Waals surface area contributed by atoms with Gasteiger partial charge in [0.1, 0.15) is 12.4 Å². The molecule has 29 heavy (non-hydrogen) atoms. The molecule has 1 amide bonds. The lowest BCUT2D eigenvalue weighted by molar-refractivity contribution is -0.121. The Bertz CT molecular complexity index is 1080. The van der Waals surface area contributed by atoms with Crippen molar-refractivity contribution in [2.24, 2.45) is 0 Å². The SMILES string of the molecule is O=C(CCc1ncc(-c2ccccc2)o1)NCCOc1cccc2ccccc12. The molecular formula is C24H22N2O3. The van der Waals surface area contributed by atoms with Crippen molar-refractivity contribution in [1.82, 2.24) is 10.3 Å². The fourth-order valence-corrected chi connectivity index (χ4v) is 3.14. The van der Waals surface area contributed by atoms with Gasteiger partial charge in [0.25, 0.3) is 0 Å². The second-order valence-corrected chi connectivity index (χ2v) is 6.66. The minimum absolute atomic E-state index is 0.0500. The summed E-state index contributed by atoms with van der Waals surface area (Å²) < 4.78 is 11.6. The molecule has 0 saturated heterocycles. The van der Waals surface area contributed by atoms with Crippen molar-refractivity contribution in [2.75, 3.05) is 13.2 Å². The number of aryl methyl sites for hydroxylation is 1. The smallest absolute Gasteiger partial charge is 0.220 e. The quantitative estimate of drug-likeness (QED) is 0.449. The number of nitrogens with one attached hydrogen (secondary N) is 1. The minimum Gasteiger partial charge on any atom is -0.491 e. The van der Waals surface area contributed by atoms with Crippen LogP contribution in [0, 0.1) is 0 Å². The van der Waals surface area contributed by atoms with Crippen molar-refractivity contribution < 1.29 is 13.9 Å². The topological polar surface area (TPSA) is 64.4 Å². The number of hydrogen-bond acceptors (Lipinski definition) is 4. The van der Waals surface area contributed by atoms with Gasteiger partial charge >= 0.3 is 0 Å². The Hall–Kier alpha value is -3.60. The van der Waals surface area contributed by atoms with Gasteiger partial charge in [-0.2, -0.15) is 0 Å². The van der Waals surface area contributed by atoms with Crippen LogP contribution in [0.5, 0.6) is 5.75 Å². The number of fused-ring (bicyclic) bond motifs is 1. The maximum absolute atomic E-state index is 12.1. The van der Waals surface area contributed by atoms with E-state index < -0.39 is 0 Å². The van der Waals surface area contributed by atoms with Gasteiger partial charge in [-0.05, 0) is 11.5 Å². The molecule has 1 N–H and O–H groups in total. The first-order valence-corrected chi connectivity index (χ1v) is 9.67. The number of ether oxygens (including phenoxy) is 1. The van der Waals surface area contributed by atoms with E-state index in [1.54, 1.807) is 6.20 Å². The van der Waals surface area contributed by atoms with Gasteiger partial charge < -0.3 is 14.5 Å². The first-order chi connectivity index (χ1) is 14.3. The molecule has 0 atom stereocenters. The Kier molecular flexibility index (Phi) is 5.86. The number of hydrogen-bond donors (Lipinski definition) is 1. The molecule has 3 aromatic carbocycles. The zero-order valence-electron chi connectivity index (χ0n) is 16.0. The zero-order valence-corrected chi connectivity index (χ0v) is 16.0. The van der Waals surface area contributed by atoms with Gasteiger partial charge in [-0.25, -0.2) is 4.98 Å². The lowest BCUT2D eigenvalue weighted by Crippen LogP contribution is -2.28. The third-order valence-electron chi connectivity index (χ3n) is 4.61. The fourth-order valence-electron chi connectivity index (χ4n) is 3.14. The summed E-state index contributed by atoms with van der Waals surface area (Å²) in [4.78, 5) is 16.3. The molecule has 0 radical (unpaired) electrons. The van der Waals surface area contributed by atoms with Crippen LogP contribution in [0.3, 0.4) is 0 Å². The van der Waals surface area contributed by atoms with E-state index in [0.29, 0.717) is 37.6 Å². The highest BCUT2D eigenvalue weighted by Crippen LogP contribution is 2.25. The summed E-state index contributed by atoms with van der Waals surface area (Å²) in [6.07, 6.45) is 2.48. The Labute approximate surface area is 169 Å². The number of amides is 1. The summed E-state index contributed by atoms with van der Waals surface area (Å²) in [5.74, 6) is 2.05. The molecule has 0 aliphatic carbocycles. The average molecular weight is 386 g/mol. The van der Waals surface area contributed by atoms with Crippen molar-refractivity contribution >= 4 is 16.7 Å². The van der Waals surface area contributed by atoms with Crippen molar-refractivity contribution in [2.45, 2.75) is 12.8 Å². The average Bonchev–Trinajstić information content (AvgIpc) is 3.25. The number of benzene rings is 3. The molecule has 4 aromatic rings. The highest BCUT2D eigenvalue weighted by molar-refractivity contribution is 5.88. The second-order valence-electron chi connectivity index (χ2n) is 6.66. The van der Waals surface area contributed by atoms with Crippen LogP contribution >= 0.6 is 0 Å². The summed E-state index contributed by atoms with van der Waals surface area (Å²) in [6.45, 7) is 0.861. The van der Waals surface area contributed by atoms with Gasteiger partial charge in [0.15, 0.2) is 11.7 Å². The molecule has 1 aromatic heterocycles. The van der Waals surface area contributed by atoms with Gasteiger partial charge in [0.05, 0.1) is 12.7 Å². The molecule has 1 heterocycles. The number of carbonyl (C=O) groups is 1. The van der Waals surface area contributed by atoms with E-state index in [2.05, 4.69) is 22.4 Å². The van der Waals surface area contributed by atoms with Crippen LogP contribution in [0.1, 0.15) is 12.3 Å². The molecule has 0 bridgehead atoms. The number of oxazole rings is 1. The van der Waals surface area contributed by atoms with Crippen LogP contribution in [0.25, 0.3) is 22.1 Å². The van der Waals surface area contributed by atoms with Crippen LogP contribution in [-0.4, -0.2) is 24.0 Å². The Morgan fingerprint density at radius 2 is 1.76 bits per heavy atom. The first kappa shape index (κ1) is 18.7. The van der Waals surface area contributed by atoms with Crippen LogP contribution < -0.4 is 10.1 Å². The molecular weight excluding hydrogens is 364 g/mol. The maximum atomic E-state index is 12.1. The van der Waals surface area contributed by atoms with Crippen LogP contribution in [0.2, 0.25) is 0 Å². The van der Waals surface area contributed by atoms with Crippen molar-refractivity contribution in [3.8, 4) is 17.1 Å². The first-order valence-electron chi connectivity index (χ1n) is 9.67. The third-order valence-corrected chi connectivity index (χ3v) is 4.61. The molecule has 0 aliphatic heterocycles. The number of nitrogens with zero attached hydrogens (tertiary/aromatic N) is 1. The molecule has 0 unspecified atom stereocenters. The van der Waals surface area contributed by atoms with Crippen LogP contribution in [0.15, 0.2) is 83.4 Å². The fraction of sp³-hybridized carbons (Fsp3) is 0.167. The summed E-state index contributed by atoms with van der Waals surface area (Å²) >= 11 is 0. The van der Waals surface area contributed by atoms with E-state index in [-0.39, 0.29) is 5.91 Å². The molecule has 146 valence electrons. The minimum atomic E-state index is -0.0500. The molecule has 0 saturated carbocycles. The van der Waals surface area contributed by atoms with E-state index in [1.807, 2.05) is 60.7 Å². The zero-order chi connectivity index (χ0) is 19.9. The number of aromatic nitrogens is 1. The molecule has 4 rings (SSSR count). The lowest BCUT2D eigenvalue weighted by atomic mass is 10.1. The summed E-state index contributed by atoms with van der Waals surface area (Å²) in [5.41, 5.74) is 0.973. The summed E-state index contributed by atoms with van der Waals surface area (Å²) in [7, 11) is 0. The second kappa shape index (κ2) is 9.06. The summed E-state index contributed by atoms with van der Waals surface area (Å²) in [6, 6.07) is 23.8. The summed E-state index contributed by atoms with van der Waals surface area (Å²) in [5, 5.41) is 5.08. The van der Waals surface area contributed by atoms with Crippen LogP contribution in [0.4, 0.5) is 0 Å². The van der Waals surface area contributed by atoms with Crippen molar-refractivity contribution in [3.05, 3.63) is 84.9 Å². The standard InChI is InChI=1S/C24H22N2O3/c27-23(13-14-24-26-17-22(29-24)19-8-2-1-3-9-19)25-15-16-28-21-12-6-10-18-7-4-5-11-20(18)21/h1-12,17H,13-16H2,(H,25,27). The van der Waals surface area contributed by atoms with E-state index >= 15 is 0 Å². The Morgan fingerprint density at radius 3 is 2.66 bits per heavy atom. The third kappa shape index (κ3) is 4.82. The molecule has 0 aliphatic rings. The number of rotatable bonds is 8. The molecule has 5 heteroatoms. The van der Waals surface area contributed by atoms with Crippen molar-refractivity contribution in [1.29, 1.82) is 0 Å². The number of carbonyl (C=O) groups excluding carboxylic acids is 1. The molecule has 0 spiro atoms. The predicted molar refractivity (Wildman–Crippen MR) is 113 cm³/mol. The van der Waals surface area contributed by atoms with Crippen molar-refractivity contribution in [3.63, 3.8) is 0 Å².